The van der Waals surface area contributed by atoms with E-state index in [0.717, 1.165) is 0 Å². The number of rotatable bonds is 6. The van der Waals surface area contributed by atoms with Gasteiger partial charge in [0.2, 0.25) is 5.89 Å². The highest BCUT2D eigenvalue weighted by Crippen LogP contribution is 2.24. The number of hydrogen-bond donors (Lipinski definition) is 1. The molecule has 1 amide bonds. The number of aromatic nitrogens is 2. The molecule has 0 saturated heterocycles. The molecule has 0 spiro atoms. The number of nitrogens with one attached hydrogen (secondary N) is 1. The van der Waals surface area contributed by atoms with Crippen LogP contribution in [0.4, 0.5) is 0 Å². The molecule has 0 aliphatic heterocycles. The van der Waals surface area contributed by atoms with Crippen LogP contribution >= 0.6 is 23.2 Å². The van der Waals surface area contributed by atoms with E-state index >= 15 is 0 Å². The third kappa shape index (κ3) is 3.97. The molecule has 2 rings (SSSR count). The monoisotopic (exact) mass is 343 g/mol. The van der Waals surface area contributed by atoms with Crippen LogP contribution in [0.15, 0.2) is 22.7 Å². The number of hydrogen-bond acceptors (Lipinski definition) is 5. The minimum atomic E-state index is -0.409. The Morgan fingerprint density at radius 3 is 2.73 bits per heavy atom. The average molecular weight is 344 g/mol. The number of halogens is 2. The Hall–Kier alpha value is -1.63. The molecule has 0 aliphatic rings. The lowest BCUT2D eigenvalue weighted by Gasteiger charge is -2.06. The van der Waals surface area contributed by atoms with Crippen molar-refractivity contribution in [3.05, 3.63) is 45.5 Å². The van der Waals surface area contributed by atoms with Gasteiger partial charge >= 0.3 is 0 Å². The maximum Gasteiger partial charge on any atom is 0.254 e. The Balaban J connectivity index is 2.00. The van der Waals surface area contributed by atoms with Crippen molar-refractivity contribution in [1.82, 2.24) is 15.5 Å². The highest BCUT2D eigenvalue weighted by atomic mass is 35.5. The summed E-state index contributed by atoms with van der Waals surface area (Å²) < 4.78 is 10.4. The van der Waals surface area contributed by atoms with Crippen molar-refractivity contribution >= 4 is 29.1 Å². The fraction of sp³-hybridized carbons (Fsp3) is 0.357. The number of nitrogens with zero attached hydrogens (tertiary/aromatic N) is 2. The Morgan fingerprint density at radius 2 is 2.09 bits per heavy atom. The Kier molecular flexibility index (Phi) is 5.76. The Morgan fingerprint density at radius 1 is 1.41 bits per heavy atom. The van der Waals surface area contributed by atoms with Gasteiger partial charge in [0.05, 0.1) is 22.2 Å². The van der Waals surface area contributed by atoms with Crippen LogP contribution in [0, 0.1) is 0 Å². The first-order chi connectivity index (χ1) is 10.5. The quantitative estimate of drug-likeness (QED) is 0.869. The minimum Gasteiger partial charge on any atom is -0.371 e. The van der Waals surface area contributed by atoms with E-state index in [0.29, 0.717) is 12.4 Å². The molecule has 22 heavy (non-hydrogen) atoms. The summed E-state index contributed by atoms with van der Waals surface area (Å²) in [6.45, 7) is 4.32. The molecule has 0 radical (unpaired) electrons. The predicted octanol–water partition coefficient (Wildman–Crippen LogP) is 3.40. The van der Waals surface area contributed by atoms with Gasteiger partial charge in [-0.25, -0.2) is 0 Å². The van der Waals surface area contributed by atoms with Crippen molar-refractivity contribution in [2.24, 2.45) is 0 Å². The van der Waals surface area contributed by atoms with Gasteiger partial charge in [0.15, 0.2) is 5.82 Å². The summed E-state index contributed by atoms with van der Waals surface area (Å²) in [7, 11) is 0. The number of carbonyl (C=O) groups is 1. The second-order valence-electron chi connectivity index (χ2n) is 4.42. The summed E-state index contributed by atoms with van der Waals surface area (Å²) in [5, 5.41) is 7.00. The first-order valence-corrected chi connectivity index (χ1v) is 7.44. The van der Waals surface area contributed by atoms with Gasteiger partial charge in [-0.15, -0.1) is 0 Å². The molecule has 0 bridgehead atoms. The van der Waals surface area contributed by atoms with E-state index in [2.05, 4.69) is 15.5 Å². The SMILES string of the molecule is CCO[C@H](C)c1noc(CNC(=O)c2c(Cl)cccc2Cl)n1. The highest BCUT2D eigenvalue weighted by molar-refractivity contribution is 6.39. The van der Waals surface area contributed by atoms with Crippen molar-refractivity contribution in [3.8, 4) is 0 Å². The van der Waals surface area contributed by atoms with Crippen LogP contribution in [-0.4, -0.2) is 22.7 Å². The van der Waals surface area contributed by atoms with Crippen molar-refractivity contribution in [3.63, 3.8) is 0 Å². The smallest absolute Gasteiger partial charge is 0.254 e. The molecule has 0 fully saturated rings. The molecule has 0 aliphatic carbocycles. The van der Waals surface area contributed by atoms with Crippen LogP contribution in [0.3, 0.4) is 0 Å². The average Bonchev–Trinajstić information content (AvgIpc) is 2.94. The maximum absolute atomic E-state index is 12.1. The molecule has 0 unspecified atom stereocenters. The highest BCUT2D eigenvalue weighted by Gasteiger charge is 2.17. The zero-order valence-electron chi connectivity index (χ0n) is 12.1. The molecular weight excluding hydrogens is 329 g/mol. The van der Waals surface area contributed by atoms with Crippen molar-refractivity contribution in [1.29, 1.82) is 0 Å². The summed E-state index contributed by atoms with van der Waals surface area (Å²) in [6.07, 6.45) is -0.267. The molecule has 0 saturated carbocycles. The van der Waals surface area contributed by atoms with Gasteiger partial charge in [0, 0.05) is 6.61 Å². The van der Waals surface area contributed by atoms with Gasteiger partial charge < -0.3 is 14.6 Å². The van der Waals surface area contributed by atoms with Crippen LogP contribution in [-0.2, 0) is 11.3 Å². The minimum absolute atomic E-state index is 0.0756. The molecule has 1 aromatic carbocycles. The van der Waals surface area contributed by atoms with Gasteiger partial charge in [-0.1, -0.05) is 34.4 Å². The van der Waals surface area contributed by atoms with Gasteiger partial charge in [-0.3, -0.25) is 4.79 Å². The standard InChI is InChI=1S/C14H15Cl2N3O3/c1-3-21-8(2)13-18-11(22-19-13)7-17-14(20)12-9(15)5-4-6-10(12)16/h4-6,8H,3,7H2,1-2H3,(H,17,20)/t8-/m1/s1. The summed E-state index contributed by atoms with van der Waals surface area (Å²) in [5.41, 5.74) is 0.216. The van der Waals surface area contributed by atoms with Crippen molar-refractivity contribution < 1.29 is 14.1 Å². The summed E-state index contributed by atoms with van der Waals surface area (Å²) in [6, 6.07) is 4.86. The van der Waals surface area contributed by atoms with E-state index in [1.54, 1.807) is 18.2 Å². The lowest BCUT2D eigenvalue weighted by molar-refractivity contribution is 0.0683. The van der Waals surface area contributed by atoms with E-state index in [1.165, 1.54) is 0 Å². The largest absolute Gasteiger partial charge is 0.371 e. The molecule has 1 heterocycles. The molecule has 1 N–H and O–H groups in total. The molecule has 1 atom stereocenters. The van der Waals surface area contributed by atoms with E-state index in [4.69, 9.17) is 32.5 Å². The normalized spacial score (nSPS) is 12.2. The fourth-order valence-corrected chi connectivity index (χ4v) is 2.36. The maximum atomic E-state index is 12.1. The second-order valence-corrected chi connectivity index (χ2v) is 5.24. The number of benzene rings is 1. The van der Waals surface area contributed by atoms with E-state index < -0.39 is 5.91 Å². The summed E-state index contributed by atoms with van der Waals surface area (Å²) in [5.74, 6) is 0.299. The number of ether oxygens (including phenoxy) is 1. The molecular formula is C14H15Cl2N3O3. The van der Waals surface area contributed by atoms with Crippen LogP contribution < -0.4 is 5.32 Å². The topological polar surface area (TPSA) is 77.3 Å². The Bertz CT molecular complexity index is 640. The molecule has 1 aromatic heterocycles. The summed E-state index contributed by atoms with van der Waals surface area (Å²) >= 11 is 11.9. The van der Waals surface area contributed by atoms with E-state index in [-0.39, 0.29) is 34.1 Å². The molecule has 2 aromatic rings. The molecule has 6 nitrogen and oxygen atoms in total. The van der Waals surface area contributed by atoms with Crippen LogP contribution in [0.2, 0.25) is 10.0 Å². The van der Waals surface area contributed by atoms with Gasteiger partial charge in [-0.05, 0) is 26.0 Å². The lowest BCUT2D eigenvalue weighted by Crippen LogP contribution is -2.23. The lowest BCUT2D eigenvalue weighted by atomic mass is 10.2. The summed E-state index contributed by atoms with van der Waals surface area (Å²) in [4.78, 5) is 16.3. The third-order valence-electron chi connectivity index (χ3n) is 2.85. The van der Waals surface area contributed by atoms with Gasteiger partial charge in [-0.2, -0.15) is 4.98 Å². The van der Waals surface area contributed by atoms with Gasteiger partial charge in [0.25, 0.3) is 5.91 Å². The molecule has 118 valence electrons. The van der Waals surface area contributed by atoms with Crippen LogP contribution in [0.1, 0.15) is 42.0 Å². The zero-order valence-corrected chi connectivity index (χ0v) is 13.6. The van der Waals surface area contributed by atoms with Crippen LogP contribution in [0.25, 0.3) is 0 Å². The number of carbonyl (C=O) groups excluding carboxylic acids is 1. The predicted molar refractivity (Wildman–Crippen MR) is 82.0 cm³/mol. The third-order valence-corrected chi connectivity index (χ3v) is 3.48. The van der Waals surface area contributed by atoms with Crippen molar-refractivity contribution in [2.75, 3.05) is 6.61 Å². The zero-order chi connectivity index (χ0) is 16.1. The first kappa shape index (κ1) is 16.7. The van der Waals surface area contributed by atoms with Crippen LogP contribution in [0.5, 0.6) is 0 Å². The van der Waals surface area contributed by atoms with E-state index in [1.807, 2.05) is 13.8 Å². The first-order valence-electron chi connectivity index (χ1n) is 6.69. The fourth-order valence-electron chi connectivity index (χ4n) is 1.79. The Labute approximate surface area is 137 Å². The second kappa shape index (κ2) is 7.58. The number of amides is 1. The van der Waals surface area contributed by atoms with Crippen molar-refractivity contribution in [2.45, 2.75) is 26.5 Å². The van der Waals surface area contributed by atoms with Gasteiger partial charge in [0.1, 0.15) is 6.10 Å². The molecule has 8 heteroatoms. The van der Waals surface area contributed by atoms with E-state index in [9.17, 15) is 4.79 Å².